The first-order chi connectivity index (χ1) is 9.06. The van der Waals surface area contributed by atoms with Crippen molar-refractivity contribution in [2.45, 2.75) is 32.7 Å². The van der Waals surface area contributed by atoms with Gasteiger partial charge in [0.25, 0.3) is 5.91 Å². The molecule has 5 nitrogen and oxygen atoms in total. The van der Waals surface area contributed by atoms with Crippen molar-refractivity contribution in [2.75, 3.05) is 20.2 Å². The number of likely N-dealkylation sites (N-methyl/N-ethyl adjacent to an activating group) is 1. The van der Waals surface area contributed by atoms with Gasteiger partial charge in [-0.3, -0.25) is 9.78 Å². The van der Waals surface area contributed by atoms with Gasteiger partial charge < -0.3 is 15.4 Å². The van der Waals surface area contributed by atoms with Gasteiger partial charge >= 0.3 is 0 Å². The zero-order valence-corrected chi connectivity index (χ0v) is 11.9. The van der Waals surface area contributed by atoms with E-state index in [0.29, 0.717) is 12.3 Å². The highest BCUT2D eigenvalue weighted by Gasteiger charge is 2.08. The second kappa shape index (κ2) is 7.74. The van der Waals surface area contributed by atoms with Crippen molar-refractivity contribution in [1.29, 1.82) is 0 Å². The van der Waals surface area contributed by atoms with E-state index in [1.807, 2.05) is 19.1 Å². The van der Waals surface area contributed by atoms with Gasteiger partial charge in [-0.15, -0.1) is 0 Å². The summed E-state index contributed by atoms with van der Waals surface area (Å²) in [7, 11) is 1.75. The standard InChI is InChI=1S/C14H23N3O2/c1-4-11(15)8-12-6-7-13(9-16-12)19-10-14(18)17(3)5-2/h6-7,9,11H,4-5,8,10,15H2,1-3H3. The van der Waals surface area contributed by atoms with Crippen molar-refractivity contribution < 1.29 is 9.53 Å². The van der Waals surface area contributed by atoms with E-state index in [4.69, 9.17) is 10.5 Å². The van der Waals surface area contributed by atoms with Crippen molar-refractivity contribution in [2.24, 2.45) is 5.73 Å². The molecule has 0 bridgehead atoms. The van der Waals surface area contributed by atoms with E-state index in [-0.39, 0.29) is 18.6 Å². The summed E-state index contributed by atoms with van der Waals surface area (Å²) in [6, 6.07) is 3.85. The largest absolute Gasteiger partial charge is 0.482 e. The molecular weight excluding hydrogens is 242 g/mol. The molecule has 0 saturated heterocycles. The van der Waals surface area contributed by atoms with Gasteiger partial charge in [-0.2, -0.15) is 0 Å². The smallest absolute Gasteiger partial charge is 0.260 e. The lowest BCUT2D eigenvalue weighted by molar-refractivity contribution is -0.131. The molecule has 2 N–H and O–H groups in total. The first kappa shape index (κ1) is 15.4. The Hall–Kier alpha value is -1.62. The van der Waals surface area contributed by atoms with Gasteiger partial charge in [-0.05, 0) is 25.5 Å². The number of nitrogens with zero attached hydrogens (tertiary/aromatic N) is 2. The van der Waals surface area contributed by atoms with Crippen molar-refractivity contribution >= 4 is 5.91 Å². The van der Waals surface area contributed by atoms with Crippen LogP contribution in [-0.2, 0) is 11.2 Å². The lowest BCUT2D eigenvalue weighted by Gasteiger charge is -2.14. The molecule has 0 spiro atoms. The minimum Gasteiger partial charge on any atom is -0.482 e. The molecule has 0 fully saturated rings. The van der Waals surface area contributed by atoms with Crippen molar-refractivity contribution in [3.63, 3.8) is 0 Å². The Morgan fingerprint density at radius 3 is 2.74 bits per heavy atom. The number of rotatable bonds is 7. The first-order valence-corrected chi connectivity index (χ1v) is 6.64. The number of nitrogens with two attached hydrogens (primary N) is 1. The summed E-state index contributed by atoms with van der Waals surface area (Å²) in [4.78, 5) is 17.5. The van der Waals surface area contributed by atoms with E-state index < -0.39 is 0 Å². The van der Waals surface area contributed by atoms with Crippen molar-refractivity contribution in [1.82, 2.24) is 9.88 Å². The summed E-state index contributed by atoms with van der Waals surface area (Å²) in [5.41, 5.74) is 6.81. The Balaban J connectivity index is 2.46. The molecule has 0 aromatic carbocycles. The van der Waals surface area contributed by atoms with Crippen LogP contribution in [0.2, 0.25) is 0 Å². The Kier molecular flexibility index (Phi) is 6.29. The van der Waals surface area contributed by atoms with Crippen molar-refractivity contribution in [3.8, 4) is 5.75 Å². The van der Waals surface area contributed by atoms with Gasteiger partial charge in [0.15, 0.2) is 6.61 Å². The summed E-state index contributed by atoms with van der Waals surface area (Å²) in [5, 5.41) is 0. The molecule has 1 amide bonds. The summed E-state index contributed by atoms with van der Waals surface area (Å²) in [6.07, 6.45) is 3.32. The zero-order valence-electron chi connectivity index (χ0n) is 11.9. The average molecular weight is 265 g/mol. The third kappa shape index (κ3) is 5.26. The molecule has 106 valence electrons. The maximum atomic E-state index is 11.6. The number of amides is 1. The molecule has 5 heteroatoms. The maximum Gasteiger partial charge on any atom is 0.260 e. The predicted molar refractivity (Wildman–Crippen MR) is 75.0 cm³/mol. The minimum absolute atomic E-state index is 0.0415. The van der Waals surface area contributed by atoms with E-state index >= 15 is 0 Å². The number of carbonyl (C=O) groups is 1. The van der Waals surface area contributed by atoms with E-state index in [2.05, 4.69) is 11.9 Å². The predicted octanol–water partition coefficient (Wildman–Crippen LogP) is 1.22. The zero-order chi connectivity index (χ0) is 14.3. The first-order valence-electron chi connectivity index (χ1n) is 6.64. The van der Waals surface area contributed by atoms with Gasteiger partial charge in [0.2, 0.25) is 0 Å². The highest BCUT2D eigenvalue weighted by atomic mass is 16.5. The van der Waals surface area contributed by atoms with E-state index in [1.54, 1.807) is 18.1 Å². The van der Waals surface area contributed by atoms with Crippen LogP contribution < -0.4 is 10.5 Å². The molecule has 0 aliphatic carbocycles. The number of ether oxygens (including phenoxy) is 1. The molecule has 1 rings (SSSR count). The van der Waals surface area contributed by atoms with Crippen LogP contribution in [0.5, 0.6) is 5.75 Å². The monoisotopic (exact) mass is 265 g/mol. The van der Waals surface area contributed by atoms with Crippen LogP contribution in [0, 0.1) is 0 Å². The molecule has 1 aromatic heterocycles. The lowest BCUT2D eigenvalue weighted by atomic mass is 10.1. The molecule has 1 heterocycles. The van der Waals surface area contributed by atoms with Crippen LogP contribution in [0.15, 0.2) is 18.3 Å². The normalized spacial score (nSPS) is 12.0. The summed E-state index contributed by atoms with van der Waals surface area (Å²) in [6.45, 7) is 4.69. The maximum absolute atomic E-state index is 11.6. The quantitative estimate of drug-likeness (QED) is 0.805. The Morgan fingerprint density at radius 1 is 1.47 bits per heavy atom. The number of pyridine rings is 1. The highest BCUT2D eigenvalue weighted by Crippen LogP contribution is 2.10. The van der Waals surface area contributed by atoms with Gasteiger partial charge in [0.05, 0.1) is 6.20 Å². The molecular formula is C14H23N3O2. The van der Waals surface area contributed by atoms with Gasteiger partial charge in [0, 0.05) is 31.7 Å². The van der Waals surface area contributed by atoms with E-state index in [9.17, 15) is 4.79 Å². The topological polar surface area (TPSA) is 68.5 Å². The van der Waals surface area contributed by atoms with Gasteiger partial charge in [-0.25, -0.2) is 0 Å². The SMILES string of the molecule is CCC(N)Cc1ccc(OCC(=O)N(C)CC)cn1. The van der Waals surface area contributed by atoms with Crippen LogP contribution >= 0.6 is 0 Å². The average Bonchev–Trinajstić information content (AvgIpc) is 2.45. The van der Waals surface area contributed by atoms with Crippen LogP contribution in [0.4, 0.5) is 0 Å². The fourth-order valence-electron chi connectivity index (χ4n) is 1.46. The molecule has 0 radical (unpaired) electrons. The van der Waals surface area contributed by atoms with E-state index in [0.717, 1.165) is 18.5 Å². The second-order valence-electron chi connectivity index (χ2n) is 4.55. The summed E-state index contributed by atoms with van der Waals surface area (Å²) >= 11 is 0. The molecule has 0 aliphatic rings. The van der Waals surface area contributed by atoms with Crippen molar-refractivity contribution in [3.05, 3.63) is 24.0 Å². The van der Waals surface area contributed by atoms with Gasteiger partial charge in [0.1, 0.15) is 5.75 Å². The van der Waals surface area contributed by atoms with Gasteiger partial charge in [-0.1, -0.05) is 6.92 Å². The van der Waals surface area contributed by atoms with Crippen LogP contribution in [0.25, 0.3) is 0 Å². The van der Waals surface area contributed by atoms with Crippen LogP contribution in [0.1, 0.15) is 26.0 Å². The molecule has 1 aromatic rings. The van der Waals surface area contributed by atoms with Crippen LogP contribution in [0.3, 0.4) is 0 Å². The lowest BCUT2D eigenvalue weighted by Crippen LogP contribution is -2.31. The molecule has 0 saturated carbocycles. The van der Waals surface area contributed by atoms with Crippen LogP contribution in [-0.4, -0.2) is 42.0 Å². The second-order valence-corrected chi connectivity index (χ2v) is 4.55. The summed E-state index contributed by atoms with van der Waals surface area (Å²) < 4.78 is 5.39. The summed E-state index contributed by atoms with van der Waals surface area (Å²) in [5.74, 6) is 0.561. The molecule has 1 atom stereocenters. The molecule has 1 unspecified atom stereocenters. The fourth-order valence-corrected chi connectivity index (χ4v) is 1.46. The number of hydrogen-bond acceptors (Lipinski definition) is 4. The van der Waals surface area contributed by atoms with E-state index in [1.165, 1.54) is 0 Å². The highest BCUT2D eigenvalue weighted by molar-refractivity contribution is 5.77. The third-order valence-electron chi connectivity index (χ3n) is 3.06. The minimum atomic E-state index is -0.0421. The third-order valence-corrected chi connectivity index (χ3v) is 3.06. The Morgan fingerprint density at radius 2 is 2.21 bits per heavy atom. The fraction of sp³-hybridized carbons (Fsp3) is 0.571. The Labute approximate surface area is 114 Å². The number of hydrogen-bond donors (Lipinski definition) is 1. The molecule has 19 heavy (non-hydrogen) atoms. The molecule has 0 aliphatic heterocycles. The number of aromatic nitrogens is 1. The Bertz CT molecular complexity index is 392. The number of carbonyl (C=O) groups excluding carboxylic acids is 1.